The van der Waals surface area contributed by atoms with Gasteiger partial charge in [0.15, 0.2) is 0 Å². The summed E-state index contributed by atoms with van der Waals surface area (Å²) in [6.45, 7) is 9.89. The Bertz CT molecular complexity index is 2410. The van der Waals surface area contributed by atoms with E-state index in [-0.39, 0.29) is 78.1 Å². The van der Waals surface area contributed by atoms with Crippen molar-refractivity contribution < 1.29 is 47.0 Å². The monoisotopic (exact) mass is 914 g/mol. The number of amides is 5. The molecule has 1 atom stereocenters. The number of halogens is 3. The van der Waals surface area contributed by atoms with Crippen molar-refractivity contribution in [2.45, 2.75) is 103 Å². The maximum absolute atomic E-state index is 13.9. The van der Waals surface area contributed by atoms with Crippen molar-refractivity contribution >= 4 is 46.8 Å². The van der Waals surface area contributed by atoms with E-state index in [4.69, 9.17) is 25.8 Å². The lowest BCUT2D eigenvalue weighted by molar-refractivity contribution is -0.164. The van der Waals surface area contributed by atoms with Crippen molar-refractivity contribution in [2.24, 2.45) is 16.7 Å². The van der Waals surface area contributed by atoms with Crippen molar-refractivity contribution in [3.05, 3.63) is 81.9 Å². The van der Waals surface area contributed by atoms with Crippen molar-refractivity contribution in [3.8, 4) is 23.3 Å². The zero-order valence-electron chi connectivity index (χ0n) is 37.0. The number of rotatable bonds is 14. The molecule has 0 radical (unpaired) electrons. The number of carbonyl (C=O) groups excluding carboxylic acids is 5. The van der Waals surface area contributed by atoms with Crippen LogP contribution in [0.1, 0.15) is 103 Å². The van der Waals surface area contributed by atoms with Crippen LogP contribution in [0, 0.1) is 28.1 Å². The Morgan fingerprint density at radius 2 is 1.65 bits per heavy atom. The van der Waals surface area contributed by atoms with E-state index in [0.29, 0.717) is 41.3 Å². The average Bonchev–Trinajstić information content (AvgIpc) is 3.50. The van der Waals surface area contributed by atoms with E-state index in [0.717, 1.165) is 36.5 Å². The van der Waals surface area contributed by atoms with E-state index >= 15 is 0 Å². The van der Waals surface area contributed by atoms with Gasteiger partial charge in [-0.2, -0.15) is 5.26 Å². The third kappa shape index (κ3) is 8.84. The van der Waals surface area contributed by atoms with Crippen LogP contribution in [-0.4, -0.2) is 109 Å². The minimum Gasteiger partial charge on any atom is -0.496 e. The third-order valence-electron chi connectivity index (χ3n) is 14.0. The average molecular weight is 915 g/mol. The van der Waals surface area contributed by atoms with Crippen molar-refractivity contribution in [3.63, 3.8) is 0 Å². The molecule has 0 bridgehead atoms. The van der Waals surface area contributed by atoms with E-state index < -0.39 is 46.9 Å². The highest BCUT2D eigenvalue weighted by molar-refractivity contribution is 6.31. The van der Waals surface area contributed by atoms with E-state index in [1.165, 1.54) is 19.2 Å². The fraction of sp³-hybridized carbons (Fsp3) is 0.500. The Kier molecular flexibility index (Phi) is 12.6. The first-order valence-electron chi connectivity index (χ1n) is 22.0. The molecular formula is C48H53ClF2N6O8. The number of fused-ring (bicyclic) bond motifs is 1. The molecule has 344 valence electrons. The standard InChI is InChI=1S/C48H53ClF2N6O8/c1-47(2)45(48(3,4)46(47)65-31-11-8-28(23-52)35(49)21-31)54-41(59)27-6-9-29(10-7-27)55-16-14-26(15-17-55)24-56(25-38(50)51)30-18-32(19-30)64-33-20-34-40(37(22-33)63-5)44(62)57(43(34)61)36-12-13-39(58)53-42(36)60/h6-11,20-22,26,30,32,36,38,45-46H,12-19,24-25H2,1-5H3,(H,54,59)(H,53,58,60). The van der Waals surface area contributed by atoms with Gasteiger partial charge in [0, 0.05) is 85.2 Å². The van der Waals surface area contributed by atoms with E-state index in [1.807, 2.05) is 29.2 Å². The molecular weight excluding hydrogens is 862 g/mol. The molecule has 2 aliphatic carbocycles. The quantitative estimate of drug-likeness (QED) is 0.167. The summed E-state index contributed by atoms with van der Waals surface area (Å²) in [4.78, 5) is 69.6. The molecule has 0 spiro atoms. The molecule has 2 saturated carbocycles. The number of benzene rings is 3. The van der Waals surface area contributed by atoms with Crippen LogP contribution in [0.3, 0.4) is 0 Å². The minimum atomic E-state index is -2.51. The Labute approximate surface area is 381 Å². The lowest BCUT2D eigenvalue weighted by Gasteiger charge is -2.63. The van der Waals surface area contributed by atoms with Gasteiger partial charge in [-0.3, -0.25) is 39.1 Å². The van der Waals surface area contributed by atoms with Crippen molar-refractivity contribution in [2.75, 3.05) is 38.2 Å². The number of nitrogens with zero attached hydrogens (tertiary/aromatic N) is 4. The van der Waals surface area contributed by atoms with Gasteiger partial charge in [-0.05, 0) is 67.6 Å². The van der Waals surface area contributed by atoms with Gasteiger partial charge < -0.3 is 24.4 Å². The number of methoxy groups -OCH3 is 1. The summed E-state index contributed by atoms with van der Waals surface area (Å²) < 4.78 is 45.9. The topological polar surface area (TPSA) is 171 Å². The molecule has 3 heterocycles. The molecule has 2 N–H and O–H groups in total. The SMILES string of the molecule is COc1cc(OC2CC(N(CC(F)F)CC3CCN(c4ccc(C(=O)NC5C(C)(C)C(Oc6ccc(C#N)c(Cl)c6)C5(C)C)cc4)CC3)C2)cc2c1C(=O)N(C1CCC(=O)NC1=O)C2=O. The molecule has 1 unspecified atom stereocenters. The third-order valence-corrected chi connectivity index (χ3v) is 14.3. The second kappa shape index (κ2) is 17.9. The number of hydrogen-bond acceptors (Lipinski definition) is 11. The zero-order chi connectivity index (χ0) is 46.5. The summed E-state index contributed by atoms with van der Waals surface area (Å²) >= 11 is 6.25. The van der Waals surface area contributed by atoms with Crippen LogP contribution in [0.2, 0.25) is 5.02 Å². The number of nitriles is 1. The van der Waals surface area contributed by atoms with Crippen LogP contribution in [-0.2, 0) is 9.59 Å². The Morgan fingerprint density at radius 3 is 2.26 bits per heavy atom. The molecule has 0 aromatic heterocycles. The number of imide groups is 2. The second-order valence-corrected chi connectivity index (χ2v) is 19.4. The summed E-state index contributed by atoms with van der Waals surface area (Å²) in [6.07, 6.45) is -0.401. The first-order valence-corrected chi connectivity index (χ1v) is 22.4. The van der Waals surface area contributed by atoms with Crippen LogP contribution in [0.25, 0.3) is 0 Å². The fourth-order valence-electron chi connectivity index (χ4n) is 10.8. The largest absolute Gasteiger partial charge is 0.496 e. The zero-order valence-corrected chi connectivity index (χ0v) is 37.8. The first kappa shape index (κ1) is 45.8. The number of alkyl halides is 2. The maximum Gasteiger partial charge on any atom is 0.266 e. The lowest BCUT2D eigenvalue weighted by Crippen LogP contribution is -2.74. The predicted octanol–water partition coefficient (Wildman–Crippen LogP) is 6.63. The molecule has 65 heavy (non-hydrogen) atoms. The Balaban J connectivity index is 0.820. The normalized spacial score (nSPS) is 24.8. The lowest BCUT2D eigenvalue weighted by atomic mass is 9.49. The molecule has 3 aromatic rings. The number of ether oxygens (including phenoxy) is 3. The number of anilines is 1. The number of piperidine rings is 2. The number of hydrogen-bond donors (Lipinski definition) is 2. The molecule has 3 aromatic carbocycles. The van der Waals surface area contributed by atoms with Crippen LogP contribution in [0.5, 0.6) is 17.2 Å². The second-order valence-electron chi connectivity index (χ2n) is 19.0. The fourth-order valence-corrected chi connectivity index (χ4v) is 11.0. The van der Waals surface area contributed by atoms with Crippen molar-refractivity contribution in [1.82, 2.24) is 20.4 Å². The van der Waals surface area contributed by atoms with Crippen LogP contribution in [0.4, 0.5) is 14.5 Å². The van der Waals surface area contributed by atoms with Crippen LogP contribution >= 0.6 is 11.6 Å². The molecule has 5 aliphatic rings. The number of nitrogens with one attached hydrogen (secondary N) is 2. The molecule has 3 aliphatic heterocycles. The summed E-state index contributed by atoms with van der Waals surface area (Å²) in [7, 11) is 1.36. The summed E-state index contributed by atoms with van der Waals surface area (Å²) in [6, 6.07) is 16.1. The molecule has 8 rings (SSSR count). The number of carbonyl (C=O) groups is 5. The van der Waals surface area contributed by atoms with Crippen LogP contribution < -0.4 is 29.7 Å². The Hall–Kier alpha value is -5.79. The molecule has 2 saturated heterocycles. The Morgan fingerprint density at radius 1 is 0.954 bits per heavy atom. The first-order chi connectivity index (χ1) is 30.9. The van der Waals surface area contributed by atoms with Gasteiger partial charge in [0.1, 0.15) is 41.6 Å². The van der Waals surface area contributed by atoms with Gasteiger partial charge in [-0.25, -0.2) is 8.78 Å². The molecule has 4 fully saturated rings. The smallest absolute Gasteiger partial charge is 0.266 e. The summed E-state index contributed by atoms with van der Waals surface area (Å²) in [5, 5.41) is 15.0. The van der Waals surface area contributed by atoms with Gasteiger partial charge in [-0.1, -0.05) is 39.3 Å². The van der Waals surface area contributed by atoms with E-state index in [2.05, 4.69) is 49.3 Å². The van der Waals surface area contributed by atoms with Gasteiger partial charge >= 0.3 is 0 Å². The van der Waals surface area contributed by atoms with E-state index in [1.54, 1.807) is 18.2 Å². The van der Waals surface area contributed by atoms with Gasteiger partial charge in [0.2, 0.25) is 11.8 Å². The molecule has 5 amide bonds. The minimum absolute atomic E-state index is 0.00306. The van der Waals surface area contributed by atoms with Gasteiger partial charge in [-0.15, -0.1) is 0 Å². The summed E-state index contributed by atoms with van der Waals surface area (Å²) in [5.74, 6) is -1.56. The molecule has 17 heteroatoms. The van der Waals surface area contributed by atoms with Crippen LogP contribution in [0.15, 0.2) is 54.6 Å². The maximum atomic E-state index is 13.9. The highest BCUT2D eigenvalue weighted by Gasteiger charge is 2.64. The van der Waals surface area contributed by atoms with Gasteiger partial charge in [0.05, 0.1) is 35.4 Å². The highest BCUT2D eigenvalue weighted by atomic mass is 35.5. The predicted molar refractivity (Wildman–Crippen MR) is 235 cm³/mol. The molecule has 14 nitrogen and oxygen atoms in total. The van der Waals surface area contributed by atoms with Crippen molar-refractivity contribution in [1.29, 1.82) is 5.26 Å². The van der Waals surface area contributed by atoms with E-state index in [9.17, 15) is 38.0 Å². The summed E-state index contributed by atoms with van der Waals surface area (Å²) in [5.41, 5.74) is 1.14. The highest BCUT2D eigenvalue weighted by Crippen LogP contribution is 2.55. The van der Waals surface area contributed by atoms with Gasteiger partial charge in [0.25, 0.3) is 24.1 Å².